The van der Waals surface area contributed by atoms with Crippen LogP contribution in [0, 0.1) is 0 Å². The van der Waals surface area contributed by atoms with E-state index >= 15 is 0 Å². The van der Waals surface area contributed by atoms with E-state index in [1.807, 2.05) is 0 Å². The number of unbranched alkanes of at least 4 members (excludes halogenated alkanes) is 25. The van der Waals surface area contributed by atoms with Crippen LogP contribution in [0.25, 0.3) is 0 Å². The van der Waals surface area contributed by atoms with Crippen molar-refractivity contribution < 1.29 is 28.6 Å². The SMILES string of the molecule is CCCC/C=C/C/C=C/CCCCCCCC(=O)O[C@@H](COC(=O)CCCCCCC/C=C/C/C=C/CCCCC)COC(=O)CCCCCCC/C=C/CCCCCCC. The molecule has 352 valence electrons. The highest BCUT2D eigenvalue weighted by molar-refractivity contribution is 5.71. The van der Waals surface area contributed by atoms with Gasteiger partial charge in [0.1, 0.15) is 13.2 Å². The van der Waals surface area contributed by atoms with Crippen LogP contribution in [0.1, 0.15) is 252 Å². The zero-order valence-corrected chi connectivity index (χ0v) is 40.2. The van der Waals surface area contributed by atoms with Crippen molar-refractivity contribution in [1.82, 2.24) is 0 Å². The van der Waals surface area contributed by atoms with Gasteiger partial charge in [0.05, 0.1) is 0 Å². The van der Waals surface area contributed by atoms with Gasteiger partial charge in [-0.05, 0) is 103 Å². The molecule has 0 saturated carbocycles. The second-order valence-electron chi connectivity index (χ2n) is 17.1. The zero-order chi connectivity index (χ0) is 44.4. The summed E-state index contributed by atoms with van der Waals surface area (Å²) in [5, 5.41) is 0. The van der Waals surface area contributed by atoms with Crippen molar-refractivity contribution in [3.8, 4) is 0 Å². The molecule has 0 aliphatic heterocycles. The van der Waals surface area contributed by atoms with Crippen molar-refractivity contribution in [3.63, 3.8) is 0 Å². The van der Waals surface area contributed by atoms with E-state index in [2.05, 4.69) is 81.5 Å². The van der Waals surface area contributed by atoms with Gasteiger partial charge in [0.15, 0.2) is 6.10 Å². The molecule has 61 heavy (non-hydrogen) atoms. The molecular formula is C55H96O6. The molecule has 0 saturated heterocycles. The van der Waals surface area contributed by atoms with Gasteiger partial charge in [-0.1, -0.05) is 191 Å². The normalized spacial score (nSPS) is 12.5. The Bertz CT molecular complexity index is 1120. The lowest BCUT2D eigenvalue weighted by atomic mass is 10.1. The second kappa shape index (κ2) is 49.8. The fraction of sp³-hybridized carbons (Fsp3) is 0.764. The van der Waals surface area contributed by atoms with Crippen LogP contribution in [0.2, 0.25) is 0 Å². The van der Waals surface area contributed by atoms with Crippen molar-refractivity contribution in [2.75, 3.05) is 13.2 Å². The number of carbonyl (C=O) groups excluding carboxylic acids is 3. The third kappa shape index (κ3) is 48.0. The van der Waals surface area contributed by atoms with Crippen molar-refractivity contribution in [3.05, 3.63) is 60.8 Å². The van der Waals surface area contributed by atoms with Gasteiger partial charge >= 0.3 is 17.9 Å². The lowest BCUT2D eigenvalue weighted by Gasteiger charge is -2.18. The molecule has 0 aliphatic rings. The third-order valence-corrected chi connectivity index (χ3v) is 11.0. The molecule has 1 atom stereocenters. The summed E-state index contributed by atoms with van der Waals surface area (Å²) < 4.78 is 16.8. The highest BCUT2D eigenvalue weighted by atomic mass is 16.6. The van der Waals surface area contributed by atoms with Gasteiger partial charge in [0, 0.05) is 19.3 Å². The van der Waals surface area contributed by atoms with Crippen LogP contribution in [-0.4, -0.2) is 37.2 Å². The molecule has 6 nitrogen and oxygen atoms in total. The van der Waals surface area contributed by atoms with E-state index in [1.165, 1.54) is 103 Å². The average molecular weight is 853 g/mol. The largest absolute Gasteiger partial charge is 0.462 e. The highest BCUT2D eigenvalue weighted by Gasteiger charge is 2.19. The molecule has 0 rings (SSSR count). The summed E-state index contributed by atoms with van der Waals surface area (Å²) in [6.45, 7) is 6.53. The third-order valence-electron chi connectivity index (χ3n) is 11.0. The molecule has 0 unspecified atom stereocenters. The summed E-state index contributed by atoms with van der Waals surface area (Å²) in [6, 6.07) is 0. The first-order chi connectivity index (χ1) is 30.0. The molecule has 0 N–H and O–H groups in total. The first-order valence-corrected chi connectivity index (χ1v) is 25.8. The van der Waals surface area contributed by atoms with Crippen LogP contribution >= 0.6 is 0 Å². The monoisotopic (exact) mass is 853 g/mol. The molecular weight excluding hydrogens is 757 g/mol. The van der Waals surface area contributed by atoms with Gasteiger partial charge in [-0.15, -0.1) is 0 Å². The lowest BCUT2D eigenvalue weighted by molar-refractivity contribution is -0.167. The minimum Gasteiger partial charge on any atom is -0.462 e. The average Bonchev–Trinajstić information content (AvgIpc) is 3.26. The molecule has 6 heteroatoms. The maximum absolute atomic E-state index is 12.8. The molecule has 0 aliphatic carbocycles. The topological polar surface area (TPSA) is 78.9 Å². The van der Waals surface area contributed by atoms with E-state index in [9.17, 15) is 14.4 Å². The summed E-state index contributed by atoms with van der Waals surface area (Å²) in [5.41, 5.74) is 0. The molecule has 0 aromatic heterocycles. The molecule has 0 spiro atoms. The van der Waals surface area contributed by atoms with Gasteiger partial charge in [0.2, 0.25) is 0 Å². The van der Waals surface area contributed by atoms with Crippen LogP contribution in [0.5, 0.6) is 0 Å². The molecule has 0 radical (unpaired) electrons. The lowest BCUT2D eigenvalue weighted by Crippen LogP contribution is -2.30. The van der Waals surface area contributed by atoms with E-state index in [0.29, 0.717) is 19.3 Å². The number of hydrogen-bond acceptors (Lipinski definition) is 6. The molecule has 0 heterocycles. The molecule has 0 amide bonds. The number of hydrogen-bond donors (Lipinski definition) is 0. The Balaban J connectivity index is 4.44. The molecule has 0 fully saturated rings. The smallest absolute Gasteiger partial charge is 0.306 e. The fourth-order valence-corrected chi connectivity index (χ4v) is 7.01. The van der Waals surface area contributed by atoms with Crippen LogP contribution < -0.4 is 0 Å². The van der Waals surface area contributed by atoms with Gasteiger partial charge < -0.3 is 14.2 Å². The second-order valence-corrected chi connectivity index (χ2v) is 17.1. The van der Waals surface area contributed by atoms with E-state index in [4.69, 9.17) is 14.2 Å². The van der Waals surface area contributed by atoms with Gasteiger partial charge in [-0.25, -0.2) is 0 Å². The van der Waals surface area contributed by atoms with Gasteiger partial charge in [-0.2, -0.15) is 0 Å². The highest BCUT2D eigenvalue weighted by Crippen LogP contribution is 2.14. The summed E-state index contributed by atoms with van der Waals surface area (Å²) in [4.78, 5) is 38.0. The van der Waals surface area contributed by atoms with Crippen molar-refractivity contribution in [2.45, 2.75) is 258 Å². The Kier molecular flexibility index (Phi) is 47.4. The predicted octanol–water partition coefficient (Wildman–Crippen LogP) is 16.9. The summed E-state index contributed by atoms with van der Waals surface area (Å²) in [5.74, 6) is -0.922. The summed E-state index contributed by atoms with van der Waals surface area (Å²) >= 11 is 0. The first kappa shape index (κ1) is 58.1. The zero-order valence-electron chi connectivity index (χ0n) is 40.2. The quantitative estimate of drug-likeness (QED) is 0.0263. The Labute approximate surface area is 377 Å². The predicted molar refractivity (Wildman–Crippen MR) is 261 cm³/mol. The van der Waals surface area contributed by atoms with E-state index in [-0.39, 0.29) is 31.1 Å². The molecule has 0 aromatic carbocycles. The van der Waals surface area contributed by atoms with Crippen molar-refractivity contribution in [1.29, 1.82) is 0 Å². The minimum absolute atomic E-state index is 0.0888. The Morgan fingerprint density at radius 1 is 0.328 bits per heavy atom. The molecule has 0 bridgehead atoms. The van der Waals surface area contributed by atoms with Crippen LogP contribution in [-0.2, 0) is 28.6 Å². The number of allylic oxidation sites excluding steroid dienone is 10. The summed E-state index contributed by atoms with van der Waals surface area (Å²) in [7, 11) is 0. The standard InChI is InChI=1S/C55H96O6/c1-4-7-10-13-16-19-22-25-28-31-33-36-39-42-45-48-54(57)60-51-52(61-55(58)49-46-43-40-37-34-30-27-24-21-18-15-12-9-6-3)50-59-53(56)47-44-41-38-35-32-29-26-23-20-17-14-11-8-5-2/h15-16,18-19,23-28,52H,4-14,17,20-22,29-51H2,1-3H3/b18-15+,19-16+,26-23+,27-24+,28-25+/t52-/m1/s1. The number of esters is 3. The van der Waals surface area contributed by atoms with Crippen LogP contribution in [0.3, 0.4) is 0 Å². The van der Waals surface area contributed by atoms with Crippen molar-refractivity contribution >= 4 is 17.9 Å². The maximum Gasteiger partial charge on any atom is 0.306 e. The van der Waals surface area contributed by atoms with E-state index in [0.717, 1.165) is 109 Å². The van der Waals surface area contributed by atoms with Crippen LogP contribution in [0.15, 0.2) is 60.8 Å². The van der Waals surface area contributed by atoms with Gasteiger partial charge in [0.25, 0.3) is 0 Å². The van der Waals surface area contributed by atoms with Gasteiger partial charge in [-0.3, -0.25) is 14.4 Å². The Hall–Kier alpha value is -2.89. The van der Waals surface area contributed by atoms with Crippen LogP contribution in [0.4, 0.5) is 0 Å². The Morgan fingerprint density at radius 3 is 1.00 bits per heavy atom. The number of rotatable bonds is 46. The first-order valence-electron chi connectivity index (χ1n) is 25.8. The maximum atomic E-state index is 12.8. The van der Waals surface area contributed by atoms with E-state index < -0.39 is 6.10 Å². The fourth-order valence-electron chi connectivity index (χ4n) is 7.01. The number of ether oxygens (including phenoxy) is 3. The minimum atomic E-state index is -0.789. The number of carbonyl (C=O) groups is 3. The molecule has 0 aromatic rings. The van der Waals surface area contributed by atoms with Crippen molar-refractivity contribution in [2.24, 2.45) is 0 Å². The van der Waals surface area contributed by atoms with E-state index in [1.54, 1.807) is 0 Å². The summed E-state index contributed by atoms with van der Waals surface area (Å²) in [6.07, 6.45) is 60.5. The Morgan fingerprint density at radius 2 is 0.607 bits per heavy atom.